The third kappa shape index (κ3) is 3.75. The number of amides is 3. The largest absolute Gasteiger partial charge is 0.325 e. The number of anilines is 2. The number of carbonyl (C=O) groups excluding carboxylic acids is 3. The second kappa shape index (κ2) is 9.16. The molecule has 3 amide bonds. The number of rotatable bonds is 3. The normalized spacial score (nSPS) is 26.2. The molecule has 43 heavy (non-hydrogen) atoms. The number of benzene rings is 2. The van der Waals surface area contributed by atoms with Gasteiger partial charge in [0.2, 0.25) is 17.7 Å². The highest BCUT2D eigenvalue weighted by atomic mass is 19.1. The van der Waals surface area contributed by atoms with Gasteiger partial charge in [0.1, 0.15) is 24.0 Å². The van der Waals surface area contributed by atoms with Gasteiger partial charge in [-0.25, -0.2) is 13.8 Å². The van der Waals surface area contributed by atoms with E-state index in [0.717, 1.165) is 35.6 Å². The monoisotopic (exact) mass is 583 g/mol. The summed E-state index contributed by atoms with van der Waals surface area (Å²) in [6.45, 7) is 0.101. The quantitative estimate of drug-likeness (QED) is 0.435. The molecule has 8 nitrogen and oxygen atoms in total. The van der Waals surface area contributed by atoms with E-state index in [1.807, 2.05) is 30.3 Å². The third-order valence-electron chi connectivity index (χ3n) is 10.6. The lowest BCUT2D eigenvalue weighted by Gasteiger charge is -2.52. The Kier molecular flexibility index (Phi) is 5.63. The second-order valence-corrected chi connectivity index (χ2v) is 12.8. The molecule has 2 atom stereocenters. The van der Waals surface area contributed by atoms with E-state index >= 15 is 0 Å². The number of aromatic nitrogens is 1. The number of nitrogens with zero attached hydrogens (tertiary/aromatic N) is 2. The Labute approximate surface area is 247 Å². The van der Waals surface area contributed by atoms with Gasteiger partial charge in [0.25, 0.3) is 0 Å². The fourth-order valence-corrected chi connectivity index (χ4v) is 8.42. The van der Waals surface area contributed by atoms with Crippen molar-refractivity contribution in [3.8, 4) is 0 Å². The molecule has 1 saturated carbocycles. The molecule has 0 unspecified atom stereocenters. The summed E-state index contributed by atoms with van der Waals surface area (Å²) in [6, 6.07) is 11.6. The minimum absolute atomic E-state index is 0.0731. The van der Waals surface area contributed by atoms with E-state index in [1.54, 1.807) is 11.1 Å². The van der Waals surface area contributed by atoms with Crippen LogP contribution in [0, 0.1) is 11.6 Å². The second-order valence-electron chi connectivity index (χ2n) is 12.8. The van der Waals surface area contributed by atoms with Crippen molar-refractivity contribution in [1.29, 1.82) is 0 Å². The number of pyridine rings is 1. The first-order valence-corrected chi connectivity index (χ1v) is 15.0. The predicted molar refractivity (Wildman–Crippen MR) is 154 cm³/mol. The van der Waals surface area contributed by atoms with Crippen LogP contribution in [0.25, 0.3) is 0 Å². The van der Waals surface area contributed by atoms with E-state index in [-0.39, 0.29) is 24.3 Å². The molecular formula is C33H31F2N5O3. The molecule has 220 valence electrons. The van der Waals surface area contributed by atoms with Gasteiger partial charge in [0.05, 0.1) is 16.5 Å². The minimum Gasteiger partial charge on any atom is -0.325 e. The standard InChI is InChI=1S/C33H31F2N5O3/c34-21-13-25-23(26(35)14-21)7-10-33(25)18-37-32(8-1-2-9-32)30(43)40(33)17-27(41)38-22-6-5-19-15-31(16-20(19)12-22)24-4-3-11-36-28(24)39-29(31)42/h3-6,11-14,37H,1-2,7-10,15-18H2,(H,38,41)(H,36,39,42)/t31-,33-/m1/s1. The van der Waals surface area contributed by atoms with E-state index in [1.165, 1.54) is 6.07 Å². The van der Waals surface area contributed by atoms with Gasteiger partial charge in [-0.2, -0.15) is 0 Å². The maximum absolute atomic E-state index is 14.8. The Balaban J connectivity index is 1.08. The SMILES string of the molecule is O=C(CN1C(=O)C2(CCCC2)NC[C@@]12CCc1c(F)cc(F)cc12)Nc1ccc2c(c1)C[C@@]1(C2)C(=O)Nc2ncccc21. The number of fused-ring (bicyclic) bond motifs is 5. The summed E-state index contributed by atoms with van der Waals surface area (Å²) in [7, 11) is 0. The van der Waals surface area contributed by atoms with Gasteiger partial charge in [-0.3, -0.25) is 14.4 Å². The Morgan fingerprint density at radius 3 is 2.65 bits per heavy atom. The van der Waals surface area contributed by atoms with E-state index < -0.39 is 28.1 Å². The summed E-state index contributed by atoms with van der Waals surface area (Å²) in [6.07, 6.45) is 6.62. The number of hydrogen-bond acceptors (Lipinski definition) is 5. The lowest BCUT2D eigenvalue weighted by Crippen LogP contribution is -2.71. The van der Waals surface area contributed by atoms with Crippen LogP contribution in [-0.4, -0.2) is 46.2 Å². The molecule has 3 aliphatic carbocycles. The van der Waals surface area contributed by atoms with Crippen molar-refractivity contribution in [2.75, 3.05) is 23.7 Å². The highest BCUT2D eigenvalue weighted by molar-refractivity contribution is 6.06. The molecule has 10 heteroatoms. The van der Waals surface area contributed by atoms with Gasteiger partial charge in [-0.15, -0.1) is 0 Å². The van der Waals surface area contributed by atoms with E-state index in [9.17, 15) is 23.2 Å². The Morgan fingerprint density at radius 2 is 1.81 bits per heavy atom. The average molecular weight is 584 g/mol. The predicted octanol–water partition coefficient (Wildman–Crippen LogP) is 3.87. The zero-order valence-electron chi connectivity index (χ0n) is 23.6. The number of hydrogen-bond donors (Lipinski definition) is 3. The van der Waals surface area contributed by atoms with Gasteiger partial charge in [0.15, 0.2) is 0 Å². The molecule has 2 fully saturated rings. The van der Waals surface area contributed by atoms with Gasteiger partial charge < -0.3 is 20.9 Å². The van der Waals surface area contributed by atoms with Crippen LogP contribution in [0.3, 0.4) is 0 Å². The summed E-state index contributed by atoms with van der Waals surface area (Å²) < 4.78 is 29.3. The van der Waals surface area contributed by atoms with Crippen LogP contribution in [0.4, 0.5) is 20.3 Å². The summed E-state index contributed by atoms with van der Waals surface area (Å²) in [4.78, 5) is 46.8. The average Bonchev–Trinajstić information content (AvgIpc) is 3.75. The zero-order chi connectivity index (χ0) is 29.6. The number of nitrogens with one attached hydrogen (secondary N) is 3. The molecular weight excluding hydrogens is 552 g/mol. The Bertz CT molecular complexity index is 1740. The van der Waals surface area contributed by atoms with Gasteiger partial charge >= 0.3 is 0 Å². The van der Waals surface area contributed by atoms with E-state index in [2.05, 4.69) is 20.9 Å². The van der Waals surface area contributed by atoms with Gasteiger partial charge in [-0.05, 0) is 85.0 Å². The number of carbonyl (C=O) groups is 3. The highest BCUT2D eigenvalue weighted by Gasteiger charge is 2.57. The fourth-order valence-electron chi connectivity index (χ4n) is 8.42. The zero-order valence-corrected chi connectivity index (χ0v) is 23.6. The Hall–Kier alpha value is -4.18. The van der Waals surface area contributed by atoms with Crippen LogP contribution in [0.15, 0.2) is 48.7 Å². The van der Waals surface area contributed by atoms with Crippen LogP contribution in [0.2, 0.25) is 0 Å². The lowest BCUT2D eigenvalue weighted by molar-refractivity contribution is -0.154. The molecule has 8 rings (SSSR count). The minimum atomic E-state index is -1.01. The first-order chi connectivity index (χ1) is 20.7. The molecule has 3 aromatic rings. The maximum atomic E-state index is 14.8. The lowest BCUT2D eigenvalue weighted by atomic mass is 9.79. The molecule has 3 heterocycles. The maximum Gasteiger partial charge on any atom is 0.244 e. The topological polar surface area (TPSA) is 103 Å². The molecule has 5 aliphatic rings. The molecule has 2 aliphatic heterocycles. The first kappa shape index (κ1) is 26.4. The highest BCUT2D eigenvalue weighted by Crippen LogP contribution is 2.49. The molecule has 0 radical (unpaired) electrons. The van der Waals surface area contributed by atoms with Crippen molar-refractivity contribution in [1.82, 2.24) is 15.2 Å². The van der Waals surface area contributed by atoms with Gasteiger partial charge in [-0.1, -0.05) is 25.0 Å². The molecule has 1 aromatic heterocycles. The van der Waals surface area contributed by atoms with Crippen molar-refractivity contribution >= 4 is 29.2 Å². The summed E-state index contributed by atoms with van der Waals surface area (Å²) in [5.74, 6) is -1.35. The van der Waals surface area contributed by atoms with Crippen molar-refractivity contribution in [3.05, 3.63) is 88.1 Å². The summed E-state index contributed by atoms with van der Waals surface area (Å²) >= 11 is 0. The van der Waals surface area contributed by atoms with Crippen LogP contribution in [0.5, 0.6) is 0 Å². The molecule has 0 bridgehead atoms. The van der Waals surface area contributed by atoms with Crippen molar-refractivity contribution in [2.24, 2.45) is 0 Å². The van der Waals surface area contributed by atoms with Crippen LogP contribution < -0.4 is 16.0 Å². The third-order valence-corrected chi connectivity index (χ3v) is 10.6. The van der Waals surface area contributed by atoms with Crippen molar-refractivity contribution in [2.45, 2.75) is 67.9 Å². The molecule has 2 aromatic carbocycles. The summed E-state index contributed by atoms with van der Waals surface area (Å²) in [5.41, 5.74) is 1.83. The van der Waals surface area contributed by atoms with Crippen LogP contribution in [-0.2, 0) is 44.6 Å². The smallest absolute Gasteiger partial charge is 0.244 e. The fraction of sp³-hybridized carbons (Fsp3) is 0.394. The van der Waals surface area contributed by atoms with Crippen molar-refractivity contribution < 1.29 is 23.2 Å². The molecule has 1 saturated heterocycles. The molecule has 3 N–H and O–H groups in total. The number of halogens is 2. The van der Waals surface area contributed by atoms with Crippen LogP contribution >= 0.6 is 0 Å². The summed E-state index contributed by atoms with van der Waals surface area (Å²) in [5, 5.41) is 9.34. The van der Waals surface area contributed by atoms with Gasteiger partial charge in [0, 0.05) is 30.1 Å². The van der Waals surface area contributed by atoms with E-state index in [0.29, 0.717) is 67.7 Å². The van der Waals surface area contributed by atoms with Crippen LogP contribution in [0.1, 0.15) is 59.9 Å². The van der Waals surface area contributed by atoms with E-state index in [4.69, 9.17) is 0 Å². The Morgan fingerprint density at radius 1 is 1.00 bits per heavy atom. The number of piperazine rings is 1. The first-order valence-electron chi connectivity index (χ1n) is 15.0. The van der Waals surface area contributed by atoms with Crippen molar-refractivity contribution in [3.63, 3.8) is 0 Å². The molecule has 3 spiro atoms.